The largest absolute Gasteiger partial charge is 0.361 e. The van der Waals surface area contributed by atoms with Gasteiger partial charge in [0.1, 0.15) is 5.76 Å². The summed E-state index contributed by atoms with van der Waals surface area (Å²) < 4.78 is 5.09. The molecule has 6 heteroatoms. The van der Waals surface area contributed by atoms with Crippen molar-refractivity contribution in [3.05, 3.63) is 57.0 Å². The van der Waals surface area contributed by atoms with Crippen LogP contribution in [-0.2, 0) is 13.0 Å². The topological polar surface area (TPSA) is 81.2 Å². The zero-order valence-corrected chi connectivity index (χ0v) is 11.5. The summed E-state index contributed by atoms with van der Waals surface area (Å²) in [6, 6.07) is 6.64. The summed E-state index contributed by atoms with van der Waals surface area (Å²) in [5.41, 5.74) is 3.19. The summed E-state index contributed by atoms with van der Waals surface area (Å²) in [5, 5.41) is 17.8. The molecular weight excluding hydrogens is 258 g/mol. The van der Waals surface area contributed by atoms with Crippen LogP contribution in [0.5, 0.6) is 0 Å². The number of aromatic nitrogens is 1. The zero-order valence-electron chi connectivity index (χ0n) is 11.5. The SMILES string of the molecule is Cc1noc(C)c1CNCCc1ccc([N+](=O)[O-])cc1. The second kappa shape index (κ2) is 6.29. The molecule has 0 aliphatic carbocycles. The van der Waals surface area contributed by atoms with Gasteiger partial charge in [-0.2, -0.15) is 0 Å². The van der Waals surface area contributed by atoms with Crippen molar-refractivity contribution >= 4 is 5.69 Å². The Balaban J connectivity index is 1.80. The molecule has 2 rings (SSSR count). The predicted molar refractivity (Wildman–Crippen MR) is 74.5 cm³/mol. The number of aryl methyl sites for hydroxylation is 2. The van der Waals surface area contributed by atoms with E-state index in [-0.39, 0.29) is 10.6 Å². The Hall–Kier alpha value is -2.21. The van der Waals surface area contributed by atoms with Crippen molar-refractivity contribution in [2.24, 2.45) is 0 Å². The van der Waals surface area contributed by atoms with E-state index in [0.717, 1.165) is 35.5 Å². The van der Waals surface area contributed by atoms with Crippen molar-refractivity contribution < 1.29 is 9.45 Å². The van der Waals surface area contributed by atoms with E-state index in [1.165, 1.54) is 12.1 Å². The molecule has 0 amide bonds. The number of rotatable bonds is 6. The van der Waals surface area contributed by atoms with Crippen LogP contribution in [0, 0.1) is 24.0 Å². The summed E-state index contributed by atoms with van der Waals surface area (Å²) in [6.07, 6.45) is 0.821. The molecule has 0 fully saturated rings. The average Bonchev–Trinajstić information content (AvgIpc) is 2.75. The number of nitrogens with zero attached hydrogens (tertiary/aromatic N) is 2. The predicted octanol–water partition coefficient (Wildman–Crippen LogP) is 2.53. The number of non-ortho nitro benzene ring substituents is 1. The highest BCUT2D eigenvalue weighted by Crippen LogP contribution is 2.13. The van der Waals surface area contributed by atoms with E-state index in [1.807, 2.05) is 13.8 Å². The van der Waals surface area contributed by atoms with E-state index in [9.17, 15) is 10.1 Å². The normalized spacial score (nSPS) is 10.7. The molecule has 0 spiro atoms. The highest BCUT2D eigenvalue weighted by Gasteiger charge is 2.08. The molecule has 0 atom stereocenters. The van der Waals surface area contributed by atoms with Crippen molar-refractivity contribution in [1.29, 1.82) is 0 Å². The van der Waals surface area contributed by atoms with Crippen LogP contribution in [-0.4, -0.2) is 16.6 Å². The van der Waals surface area contributed by atoms with Crippen molar-refractivity contribution in [2.45, 2.75) is 26.8 Å². The summed E-state index contributed by atoms with van der Waals surface area (Å²) in [5.74, 6) is 0.838. The van der Waals surface area contributed by atoms with E-state index in [2.05, 4.69) is 10.5 Å². The number of hydrogen-bond acceptors (Lipinski definition) is 5. The first kappa shape index (κ1) is 14.2. The van der Waals surface area contributed by atoms with E-state index < -0.39 is 0 Å². The molecule has 1 heterocycles. The lowest BCUT2D eigenvalue weighted by atomic mass is 10.1. The fourth-order valence-corrected chi connectivity index (χ4v) is 1.98. The molecule has 0 aliphatic heterocycles. The van der Waals surface area contributed by atoms with Gasteiger partial charge < -0.3 is 9.84 Å². The molecule has 1 N–H and O–H groups in total. The van der Waals surface area contributed by atoms with Gasteiger partial charge in [-0.05, 0) is 32.4 Å². The van der Waals surface area contributed by atoms with E-state index in [4.69, 9.17) is 4.52 Å². The molecule has 0 bridgehead atoms. The fraction of sp³-hybridized carbons (Fsp3) is 0.357. The first-order valence-electron chi connectivity index (χ1n) is 6.43. The van der Waals surface area contributed by atoms with Gasteiger partial charge in [-0.1, -0.05) is 17.3 Å². The quantitative estimate of drug-likeness (QED) is 0.497. The van der Waals surface area contributed by atoms with E-state index in [1.54, 1.807) is 12.1 Å². The minimum Gasteiger partial charge on any atom is -0.361 e. The molecule has 0 aliphatic rings. The van der Waals surface area contributed by atoms with Gasteiger partial charge >= 0.3 is 0 Å². The standard InChI is InChI=1S/C14H17N3O3/c1-10-14(11(2)20-16-10)9-15-8-7-12-3-5-13(6-4-12)17(18)19/h3-6,15H,7-9H2,1-2H3. The van der Waals surface area contributed by atoms with Crippen molar-refractivity contribution in [3.8, 4) is 0 Å². The number of benzene rings is 1. The first-order chi connectivity index (χ1) is 9.58. The maximum atomic E-state index is 10.5. The molecule has 0 saturated carbocycles. The highest BCUT2D eigenvalue weighted by atomic mass is 16.6. The molecule has 2 aromatic rings. The second-order valence-electron chi connectivity index (χ2n) is 4.65. The number of hydrogen-bond donors (Lipinski definition) is 1. The fourth-order valence-electron chi connectivity index (χ4n) is 1.98. The van der Waals surface area contributed by atoms with E-state index >= 15 is 0 Å². The number of nitro benzene ring substituents is 1. The molecule has 0 unspecified atom stereocenters. The Morgan fingerprint density at radius 2 is 2.00 bits per heavy atom. The zero-order chi connectivity index (χ0) is 14.5. The minimum absolute atomic E-state index is 0.123. The monoisotopic (exact) mass is 275 g/mol. The van der Waals surface area contributed by atoms with Crippen molar-refractivity contribution in [3.63, 3.8) is 0 Å². The lowest BCUT2D eigenvalue weighted by Gasteiger charge is -2.04. The number of nitrogens with one attached hydrogen (secondary N) is 1. The molecule has 1 aromatic carbocycles. The van der Waals surface area contributed by atoms with Crippen LogP contribution in [0.3, 0.4) is 0 Å². The Morgan fingerprint density at radius 3 is 2.55 bits per heavy atom. The molecular formula is C14H17N3O3. The molecule has 0 saturated heterocycles. The second-order valence-corrected chi connectivity index (χ2v) is 4.65. The summed E-state index contributed by atoms with van der Waals surface area (Å²) >= 11 is 0. The average molecular weight is 275 g/mol. The van der Waals surface area contributed by atoms with Crippen LogP contribution < -0.4 is 5.32 Å². The lowest BCUT2D eigenvalue weighted by Crippen LogP contribution is -2.17. The maximum Gasteiger partial charge on any atom is 0.269 e. The highest BCUT2D eigenvalue weighted by molar-refractivity contribution is 5.33. The lowest BCUT2D eigenvalue weighted by molar-refractivity contribution is -0.384. The van der Waals surface area contributed by atoms with Crippen LogP contribution in [0.15, 0.2) is 28.8 Å². The van der Waals surface area contributed by atoms with Crippen LogP contribution >= 0.6 is 0 Å². The molecule has 106 valence electrons. The van der Waals surface area contributed by atoms with Gasteiger partial charge in [-0.3, -0.25) is 10.1 Å². The molecule has 0 radical (unpaired) electrons. The first-order valence-corrected chi connectivity index (χ1v) is 6.43. The molecule has 1 aromatic heterocycles. The van der Waals surface area contributed by atoms with Crippen molar-refractivity contribution in [1.82, 2.24) is 10.5 Å². The molecule has 20 heavy (non-hydrogen) atoms. The summed E-state index contributed by atoms with van der Waals surface area (Å²) in [7, 11) is 0. The van der Waals surface area contributed by atoms with Crippen LogP contribution in [0.4, 0.5) is 5.69 Å². The minimum atomic E-state index is -0.389. The van der Waals surface area contributed by atoms with Gasteiger partial charge in [0.2, 0.25) is 0 Å². The maximum absolute atomic E-state index is 10.5. The van der Waals surface area contributed by atoms with Crippen LogP contribution in [0.2, 0.25) is 0 Å². The van der Waals surface area contributed by atoms with Gasteiger partial charge in [0.25, 0.3) is 5.69 Å². The Bertz CT molecular complexity index is 571. The third-order valence-electron chi connectivity index (χ3n) is 3.22. The van der Waals surface area contributed by atoms with E-state index in [0.29, 0.717) is 6.54 Å². The Morgan fingerprint density at radius 1 is 1.30 bits per heavy atom. The van der Waals surface area contributed by atoms with Gasteiger partial charge in [-0.15, -0.1) is 0 Å². The smallest absolute Gasteiger partial charge is 0.269 e. The summed E-state index contributed by atoms with van der Waals surface area (Å²) in [6.45, 7) is 5.33. The van der Waals surface area contributed by atoms with Gasteiger partial charge in [0.05, 0.1) is 10.6 Å². The third kappa shape index (κ3) is 3.42. The van der Waals surface area contributed by atoms with Crippen LogP contribution in [0.1, 0.15) is 22.6 Å². The Kier molecular flexibility index (Phi) is 4.47. The molecule has 6 nitrogen and oxygen atoms in total. The Labute approximate surface area is 116 Å². The van der Waals surface area contributed by atoms with Gasteiger partial charge in [0.15, 0.2) is 0 Å². The van der Waals surface area contributed by atoms with Gasteiger partial charge in [0, 0.05) is 24.2 Å². The van der Waals surface area contributed by atoms with Crippen LogP contribution in [0.25, 0.3) is 0 Å². The van der Waals surface area contributed by atoms with Gasteiger partial charge in [-0.25, -0.2) is 0 Å². The van der Waals surface area contributed by atoms with Crippen molar-refractivity contribution in [2.75, 3.05) is 6.54 Å². The summed E-state index contributed by atoms with van der Waals surface area (Å²) in [4.78, 5) is 10.2. The number of nitro groups is 1. The third-order valence-corrected chi connectivity index (χ3v) is 3.22.